The molecule has 142 valence electrons. The normalized spacial score (nSPS) is 14.3. The number of amides is 2. The van der Waals surface area contributed by atoms with Crippen LogP contribution >= 0.6 is 0 Å². The molecule has 1 N–H and O–H groups in total. The number of nitrogens with zero attached hydrogens (tertiary/aromatic N) is 2. The second-order valence-electron chi connectivity index (χ2n) is 5.94. The molecule has 1 aliphatic rings. The summed E-state index contributed by atoms with van der Waals surface area (Å²) in [5, 5.41) is 2.65. The van der Waals surface area contributed by atoms with E-state index in [2.05, 4.69) is 5.32 Å². The minimum Gasteiger partial charge on any atom is -0.447 e. The number of carbonyl (C=O) groups excluding carboxylic acids is 2. The number of sulfonamides is 1. The van der Waals surface area contributed by atoms with Crippen molar-refractivity contribution in [2.45, 2.75) is 4.90 Å². The van der Waals surface area contributed by atoms with Crippen LogP contribution in [0.1, 0.15) is 0 Å². The van der Waals surface area contributed by atoms with Crippen molar-refractivity contribution in [1.29, 1.82) is 0 Å². The maximum atomic E-state index is 12.5. The molecule has 1 heterocycles. The highest BCUT2D eigenvalue weighted by atomic mass is 32.2. The van der Waals surface area contributed by atoms with E-state index in [9.17, 15) is 18.0 Å². The molecule has 0 aromatic heterocycles. The molecule has 2 amide bonds. The fourth-order valence-electron chi connectivity index (χ4n) is 2.64. The topological polar surface area (TPSA) is 96.0 Å². The van der Waals surface area contributed by atoms with Crippen LogP contribution in [0.5, 0.6) is 0 Å². The zero-order valence-electron chi connectivity index (χ0n) is 14.7. The third kappa shape index (κ3) is 4.26. The Morgan fingerprint density at radius 2 is 1.93 bits per heavy atom. The van der Waals surface area contributed by atoms with E-state index in [0.717, 1.165) is 4.31 Å². The predicted octanol–water partition coefficient (Wildman–Crippen LogP) is 1.90. The van der Waals surface area contributed by atoms with Gasteiger partial charge in [-0.05, 0) is 30.3 Å². The lowest BCUT2D eigenvalue weighted by atomic mass is 10.2. The van der Waals surface area contributed by atoms with Crippen molar-refractivity contribution in [2.75, 3.05) is 37.0 Å². The number of anilines is 2. The minimum absolute atomic E-state index is 0.120. The van der Waals surface area contributed by atoms with Crippen LogP contribution in [0.3, 0.4) is 0 Å². The molecule has 2 aromatic carbocycles. The Morgan fingerprint density at radius 3 is 2.59 bits per heavy atom. The fourth-order valence-corrected chi connectivity index (χ4v) is 3.79. The molecule has 27 heavy (non-hydrogen) atoms. The van der Waals surface area contributed by atoms with Gasteiger partial charge in [0.2, 0.25) is 15.9 Å². The average molecular weight is 389 g/mol. The van der Waals surface area contributed by atoms with Crippen molar-refractivity contribution in [3.63, 3.8) is 0 Å². The van der Waals surface area contributed by atoms with E-state index in [-0.39, 0.29) is 11.4 Å². The number of ether oxygens (including phenoxy) is 1. The summed E-state index contributed by atoms with van der Waals surface area (Å²) >= 11 is 0. The summed E-state index contributed by atoms with van der Waals surface area (Å²) in [6, 6.07) is 14.6. The number of cyclic esters (lactones) is 1. The van der Waals surface area contributed by atoms with Gasteiger partial charge in [-0.3, -0.25) is 9.69 Å². The van der Waals surface area contributed by atoms with Crippen LogP contribution in [0.2, 0.25) is 0 Å². The van der Waals surface area contributed by atoms with E-state index < -0.39 is 22.0 Å². The van der Waals surface area contributed by atoms with Gasteiger partial charge in [0.15, 0.2) is 0 Å². The van der Waals surface area contributed by atoms with Crippen molar-refractivity contribution in [1.82, 2.24) is 4.31 Å². The van der Waals surface area contributed by atoms with E-state index in [0.29, 0.717) is 24.5 Å². The number of benzene rings is 2. The predicted molar refractivity (Wildman–Crippen MR) is 100 cm³/mol. The maximum absolute atomic E-state index is 12.5. The Hall–Kier alpha value is -2.91. The lowest BCUT2D eigenvalue weighted by Gasteiger charge is -2.17. The van der Waals surface area contributed by atoms with E-state index in [1.165, 1.54) is 24.1 Å². The first kappa shape index (κ1) is 18.9. The summed E-state index contributed by atoms with van der Waals surface area (Å²) < 4.78 is 30.8. The molecule has 0 atom stereocenters. The Bertz CT molecular complexity index is 946. The van der Waals surface area contributed by atoms with Gasteiger partial charge in [-0.25, -0.2) is 13.2 Å². The Balaban J connectivity index is 1.66. The molecule has 0 bridgehead atoms. The quantitative estimate of drug-likeness (QED) is 0.814. The zero-order valence-corrected chi connectivity index (χ0v) is 15.5. The third-order valence-corrected chi connectivity index (χ3v) is 5.84. The zero-order chi connectivity index (χ0) is 19.4. The average Bonchev–Trinajstić information content (AvgIpc) is 3.08. The molecule has 0 saturated carbocycles. The molecule has 0 unspecified atom stereocenters. The van der Waals surface area contributed by atoms with Gasteiger partial charge >= 0.3 is 6.09 Å². The molecule has 1 fully saturated rings. The fraction of sp³-hybridized carbons (Fsp3) is 0.222. The molecule has 0 aliphatic carbocycles. The van der Waals surface area contributed by atoms with Gasteiger partial charge in [0, 0.05) is 18.4 Å². The highest BCUT2D eigenvalue weighted by molar-refractivity contribution is 7.89. The second-order valence-corrected chi connectivity index (χ2v) is 7.98. The summed E-state index contributed by atoms with van der Waals surface area (Å²) in [4.78, 5) is 25.5. The SMILES string of the molecule is CN(CC(=O)Nc1cccc(N2CCOC2=O)c1)S(=O)(=O)c1ccccc1. The number of nitrogens with one attached hydrogen (secondary N) is 1. The third-order valence-electron chi connectivity index (χ3n) is 4.02. The smallest absolute Gasteiger partial charge is 0.414 e. The Labute approximate surface area is 157 Å². The molecular formula is C18H19N3O5S. The molecule has 8 nitrogen and oxygen atoms in total. The van der Waals surface area contributed by atoms with Gasteiger partial charge in [-0.2, -0.15) is 4.31 Å². The van der Waals surface area contributed by atoms with Crippen molar-refractivity contribution < 1.29 is 22.7 Å². The largest absolute Gasteiger partial charge is 0.447 e. The van der Waals surface area contributed by atoms with Crippen LogP contribution < -0.4 is 10.2 Å². The molecule has 1 aliphatic heterocycles. The molecule has 2 aromatic rings. The first-order chi connectivity index (χ1) is 12.9. The summed E-state index contributed by atoms with van der Waals surface area (Å²) in [7, 11) is -2.41. The van der Waals surface area contributed by atoms with Crippen LogP contribution in [-0.2, 0) is 19.6 Å². The van der Waals surface area contributed by atoms with Crippen LogP contribution in [0.15, 0.2) is 59.5 Å². The lowest BCUT2D eigenvalue weighted by Crippen LogP contribution is -2.35. The summed E-state index contributed by atoms with van der Waals surface area (Å²) in [6.45, 7) is 0.416. The second kappa shape index (κ2) is 7.77. The monoisotopic (exact) mass is 389 g/mol. The summed E-state index contributed by atoms with van der Waals surface area (Å²) in [5.41, 5.74) is 1.06. The van der Waals surface area contributed by atoms with Gasteiger partial charge in [0.1, 0.15) is 6.61 Å². The number of likely N-dealkylation sites (N-methyl/N-ethyl adjacent to an activating group) is 1. The first-order valence-electron chi connectivity index (χ1n) is 8.23. The van der Waals surface area contributed by atoms with Gasteiger partial charge in [-0.1, -0.05) is 24.3 Å². The van der Waals surface area contributed by atoms with Crippen LogP contribution in [0, 0.1) is 0 Å². The van der Waals surface area contributed by atoms with Crippen molar-refractivity contribution >= 4 is 33.4 Å². The van der Waals surface area contributed by atoms with Gasteiger partial charge in [-0.15, -0.1) is 0 Å². The highest BCUT2D eigenvalue weighted by Gasteiger charge is 2.25. The minimum atomic E-state index is -3.75. The number of carbonyl (C=O) groups is 2. The first-order valence-corrected chi connectivity index (χ1v) is 9.67. The molecular weight excluding hydrogens is 370 g/mol. The van der Waals surface area contributed by atoms with Crippen molar-refractivity contribution in [3.05, 3.63) is 54.6 Å². The van der Waals surface area contributed by atoms with E-state index >= 15 is 0 Å². The van der Waals surface area contributed by atoms with Crippen molar-refractivity contribution in [3.8, 4) is 0 Å². The molecule has 1 saturated heterocycles. The summed E-state index contributed by atoms with van der Waals surface area (Å²) in [5.74, 6) is -0.488. The molecule has 0 spiro atoms. The standard InChI is InChI=1S/C18H19N3O5S/c1-20(27(24,25)16-8-3-2-4-9-16)13-17(22)19-14-6-5-7-15(12-14)21-10-11-26-18(21)23/h2-9,12H,10-11,13H2,1H3,(H,19,22). The van der Waals surface area contributed by atoms with Gasteiger partial charge in [0.05, 0.1) is 18.0 Å². The van der Waals surface area contributed by atoms with E-state index in [4.69, 9.17) is 4.74 Å². The van der Waals surface area contributed by atoms with Crippen LogP contribution in [0.25, 0.3) is 0 Å². The number of rotatable bonds is 6. The number of hydrogen-bond donors (Lipinski definition) is 1. The van der Waals surface area contributed by atoms with Gasteiger partial charge < -0.3 is 10.1 Å². The molecule has 3 rings (SSSR count). The lowest BCUT2D eigenvalue weighted by molar-refractivity contribution is -0.116. The van der Waals surface area contributed by atoms with Crippen molar-refractivity contribution in [2.24, 2.45) is 0 Å². The van der Waals surface area contributed by atoms with E-state index in [1.54, 1.807) is 42.5 Å². The number of hydrogen-bond acceptors (Lipinski definition) is 5. The summed E-state index contributed by atoms with van der Waals surface area (Å²) in [6.07, 6.45) is -0.438. The molecule has 0 radical (unpaired) electrons. The van der Waals surface area contributed by atoms with E-state index in [1.807, 2.05) is 0 Å². The Kier molecular flexibility index (Phi) is 5.43. The molecule has 9 heteroatoms. The highest BCUT2D eigenvalue weighted by Crippen LogP contribution is 2.22. The van der Waals surface area contributed by atoms with Crippen LogP contribution in [-0.4, -0.2) is 51.5 Å². The maximum Gasteiger partial charge on any atom is 0.414 e. The Morgan fingerprint density at radius 1 is 1.19 bits per heavy atom. The van der Waals surface area contributed by atoms with Crippen LogP contribution in [0.4, 0.5) is 16.2 Å². The van der Waals surface area contributed by atoms with Gasteiger partial charge in [0.25, 0.3) is 0 Å².